The zero-order chi connectivity index (χ0) is 45.4. The van der Waals surface area contributed by atoms with E-state index in [9.17, 15) is 0 Å². The topological polar surface area (TPSA) is 36.9 Å². The number of pyridine rings is 1. The summed E-state index contributed by atoms with van der Waals surface area (Å²) in [6.07, 6.45) is 1.94. The van der Waals surface area contributed by atoms with E-state index in [0.29, 0.717) is 11.5 Å². The van der Waals surface area contributed by atoms with Gasteiger partial charge in [-0.05, 0) is 44.4 Å². The molecule has 0 saturated heterocycles. The van der Waals surface area contributed by atoms with Crippen molar-refractivity contribution in [1.29, 1.82) is 0 Å². The molecule has 6 heteroatoms. The second-order valence-electron chi connectivity index (χ2n) is 22.5. The van der Waals surface area contributed by atoms with E-state index >= 15 is 0 Å². The van der Waals surface area contributed by atoms with Crippen LogP contribution in [0.1, 0.15) is 132 Å². The van der Waals surface area contributed by atoms with Gasteiger partial charge >= 0.3 is 275 Å². The first-order chi connectivity index (χ1) is 29.3. The Balaban J connectivity index is 1.19. The van der Waals surface area contributed by atoms with E-state index in [1.807, 2.05) is 12.3 Å². The number of hydrogen-bond donors (Lipinski definition) is 0. The predicted octanol–water partition coefficient (Wildman–Crippen LogP) is 14.9. The van der Waals surface area contributed by atoms with E-state index < -0.39 is 0 Å². The van der Waals surface area contributed by atoms with Crippen LogP contribution in [0.5, 0.6) is 11.5 Å². The molecular formula is C57H62N4OPt-2. The van der Waals surface area contributed by atoms with E-state index in [4.69, 9.17) is 9.72 Å². The van der Waals surface area contributed by atoms with Gasteiger partial charge in [0.2, 0.25) is 0 Å². The molecule has 0 spiro atoms. The van der Waals surface area contributed by atoms with E-state index in [2.05, 4.69) is 240 Å². The maximum atomic E-state index is 6.77. The number of benzene rings is 5. The van der Waals surface area contributed by atoms with Crippen molar-refractivity contribution in [3.63, 3.8) is 0 Å². The van der Waals surface area contributed by atoms with Crippen LogP contribution in [0.15, 0.2) is 103 Å². The molecule has 0 radical (unpaired) electrons. The van der Waals surface area contributed by atoms with Gasteiger partial charge in [-0.25, -0.2) is 0 Å². The van der Waals surface area contributed by atoms with Gasteiger partial charge in [0.05, 0.1) is 0 Å². The zero-order valence-corrected chi connectivity index (χ0v) is 42.1. The fourth-order valence-corrected chi connectivity index (χ4v) is 10.8. The second-order valence-corrected chi connectivity index (χ2v) is 23.5. The van der Waals surface area contributed by atoms with Crippen LogP contribution in [0, 0.1) is 21.4 Å². The molecule has 328 valence electrons. The fourth-order valence-electron chi connectivity index (χ4n) is 9.72. The summed E-state index contributed by atoms with van der Waals surface area (Å²) in [5.41, 5.74) is 13.0. The van der Waals surface area contributed by atoms with Crippen molar-refractivity contribution in [1.82, 2.24) is 18.7 Å². The summed E-state index contributed by atoms with van der Waals surface area (Å²) in [6.45, 7) is 34.8. The first-order valence-corrected chi connectivity index (χ1v) is 23.5. The molecule has 1 aliphatic carbocycles. The van der Waals surface area contributed by atoms with E-state index in [0.717, 1.165) is 48.5 Å². The Morgan fingerprint density at radius 2 is 1.14 bits per heavy atom. The fraction of sp³-hybridized carbons (Fsp3) is 0.368. The third-order valence-corrected chi connectivity index (χ3v) is 16.0. The molecule has 0 bridgehead atoms. The molecular weight excluding hydrogens is 952 g/mol. The van der Waals surface area contributed by atoms with Gasteiger partial charge in [0, 0.05) is 6.20 Å². The summed E-state index contributed by atoms with van der Waals surface area (Å²) in [6, 6.07) is 43.0. The van der Waals surface area contributed by atoms with Gasteiger partial charge in [-0.3, -0.25) is 0 Å². The molecule has 1 aliphatic rings. The molecule has 3 aromatic heterocycles. The summed E-state index contributed by atoms with van der Waals surface area (Å²) < 4.78 is 14.8. The monoisotopic (exact) mass is 1010 g/mol. The molecule has 63 heavy (non-hydrogen) atoms. The Bertz CT molecular complexity index is 3180. The number of imidazole rings is 1. The molecule has 0 unspecified atom stereocenters. The predicted molar refractivity (Wildman–Crippen MR) is 258 cm³/mol. The van der Waals surface area contributed by atoms with Crippen molar-refractivity contribution in [2.75, 3.05) is 0 Å². The molecule has 0 fully saturated rings. The number of nitrogens with zero attached hydrogens (tertiary/aromatic N) is 4. The van der Waals surface area contributed by atoms with Crippen LogP contribution in [0.25, 0.3) is 50.0 Å². The van der Waals surface area contributed by atoms with Crippen LogP contribution in [-0.4, -0.2) is 18.7 Å². The molecule has 0 N–H and O–H groups in total. The van der Waals surface area contributed by atoms with Crippen LogP contribution in [0.3, 0.4) is 0 Å². The maximum absolute atomic E-state index is 6.77. The first-order valence-electron chi connectivity index (χ1n) is 22.4. The molecule has 9 rings (SSSR count). The minimum atomic E-state index is -0.0469. The third kappa shape index (κ3) is 6.82. The Kier molecular flexibility index (Phi) is 9.79. The number of ether oxygens (including phenoxy) is 1. The number of rotatable bonds is 5. The second kappa shape index (κ2) is 14.3. The van der Waals surface area contributed by atoms with Gasteiger partial charge in [-0.15, -0.1) is 0 Å². The minimum absolute atomic E-state index is 0.00531. The molecule has 8 aromatic rings. The number of aromatic nitrogens is 4. The zero-order valence-electron chi connectivity index (χ0n) is 39.8. The molecule has 5 aromatic carbocycles. The Labute approximate surface area is 385 Å². The van der Waals surface area contributed by atoms with Gasteiger partial charge in [0.15, 0.2) is 0 Å². The quantitative estimate of drug-likeness (QED) is 0.161. The standard InChI is InChI=1S/C57H62N4O.Pt/c1-52(2,3)36-19-22-39(23-20-36)59-35-60(47-26-21-37(29-50(47)59)53(4,5)6)40-17-16-18-41(31-40)62-42-24-25-43-44-33-45-46(56(12,13)57(14,15)55(45,10)11)34-49(44)61(48(43)32-42)51-30-38(27-28-58-51)54(7,8)9;/h16-30,33-34H,1-15H3;/q-2;. The Morgan fingerprint density at radius 1 is 0.540 bits per heavy atom. The van der Waals surface area contributed by atoms with Crippen LogP contribution >= 0.6 is 0 Å². The number of hydrogen-bond acceptors (Lipinski definition) is 2. The van der Waals surface area contributed by atoms with Crippen molar-refractivity contribution >= 4 is 32.8 Å². The van der Waals surface area contributed by atoms with Crippen molar-refractivity contribution in [2.24, 2.45) is 5.41 Å². The van der Waals surface area contributed by atoms with Crippen molar-refractivity contribution in [3.8, 4) is 28.7 Å². The van der Waals surface area contributed by atoms with Gasteiger partial charge in [-0.1, -0.05) is 62.3 Å². The average Bonchev–Trinajstić information content (AvgIpc) is 3.72. The van der Waals surface area contributed by atoms with Crippen molar-refractivity contribution < 1.29 is 24.1 Å². The molecule has 0 aliphatic heterocycles. The van der Waals surface area contributed by atoms with Gasteiger partial charge < -0.3 is 0 Å². The molecule has 3 heterocycles. The summed E-state index contributed by atoms with van der Waals surface area (Å²) in [5, 5.41) is 2.33. The van der Waals surface area contributed by atoms with E-state index in [1.54, 1.807) is 0 Å². The Morgan fingerprint density at radius 3 is 1.79 bits per heavy atom. The third-order valence-electron chi connectivity index (χ3n) is 15.0. The van der Waals surface area contributed by atoms with Gasteiger partial charge in [0.25, 0.3) is 0 Å². The van der Waals surface area contributed by atoms with Crippen LogP contribution in [0.4, 0.5) is 0 Å². The van der Waals surface area contributed by atoms with E-state index in [-0.39, 0.29) is 32.5 Å². The summed E-state index contributed by atoms with van der Waals surface area (Å²) in [5.74, 6) is 2.12. The molecule has 5 nitrogen and oxygen atoms in total. The number of fused-ring (bicyclic) bond motifs is 5. The average molecular weight is 1010 g/mol. The van der Waals surface area contributed by atoms with Crippen molar-refractivity contribution in [3.05, 3.63) is 147 Å². The summed E-state index contributed by atoms with van der Waals surface area (Å²) >= 11 is 2.47. The van der Waals surface area contributed by atoms with E-state index in [1.165, 1.54) is 33.2 Å². The van der Waals surface area contributed by atoms with Crippen LogP contribution in [0.2, 0.25) is 0 Å². The first kappa shape index (κ1) is 43.3. The van der Waals surface area contributed by atoms with Crippen LogP contribution in [-0.2, 0) is 46.4 Å². The molecule has 0 amide bonds. The van der Waals surface area contributed by atoms with Gasteiger partial charge in [0.1, 0.15) is 0 Å². The summed E-state index contributed by atoms with van der Waals surface area (Å²) in [4.78, 5) is 5.02. The molecule has 0 atom stereocenters. The molecule has 0 saturated carbocycles. The summed E-state index contributed by atoms with van der Waals surface area (Å²) in [7, 11) is 0. The van der Waals surface area contributed by atoms with Crippen LogP contribution < -0.4 is 4.74 Å². The van der Waals surface area contributed by atoms with Crippen molar-refractivity contribution in [2.45, 2.75) is 131 Å². The van der Waals surface area contributed by atoms with Gasteiger partial charge in [-0.2, -0.15) is 0 Å². The SMILES string of the molecule is CC(C)(C)c1ccc(-n2[c](=[Pt])n(-c3[c-]c(Oc4[c-]c5c(cc4)c4cc6c(cc4n5-c4cc(C(C)(C)C)ccn4)C(C)(C)C(C)(C)C6(C)C)ccc3)c3ccc(C(C)(C)C)cc32)cc1. The normalized spacial score (nSPS) is 16.0. The Hall–Kier alpha value is -4.99.